The first-order valence-electron chi connectivity index (χ1n) is 5.75. The summed E-state index contributed by atoms with van der Waals surface area (Å²) in [5.74, 6) is 0.625. The second kappa shape index (κ2) is 3.61. The highest BCUT2D eigenvalue weighted by atomic mass is 32.1. The van der Waals surface area contributed by atoms with Gasteiger partial charge in [0.2, 0.25) is 5.78 Å². The highest BCUT2D eigenvalue weighted by molar-refractivity contribution is 7.14. The molecular formula is C14H8N2O2S. The van der Waals surface area contributed by atoms with Crippen molar-refractivity contribution in [2.24, 2.45) is 0 Å². The minimum Gasteiger partial charge on any atom is -0.494 e. The maximum Gasteiger partial charge on any atom is 0.213 e. The maximum atomic E-state index is 12.4. The second-order valence-electron chi connectivity index (χ2n) is 4.25. The van der Waals surface area contributed by atoms with Crippen LogP contribution >= 0.6 is 11.3 Å². The van der Waals surface area contributed by atoms with Crippen molar-refractivity contribution in [2.45, 2.75) is 0 Å². The standard InChI is InChI=1S/C14H8N2O2S/c1-18-9-6-16-11-10-7(9)2-4-15-12(10)14-8(13(11)17)3-5-19-14/h2-6H,1H3. The van der Waals surface area contributed by atoms with E-state index in [2.05, 4.69) is 9.97 Å². The lowest BCUT2D eigenvalue weighted by Crippen LogP contribution is -2.11. The summed E-state index contributed by atoms with van der Waals surface area (Å²) in [7, 11) is 1.60. The predicted molar refractivity (Wildman–Crippen MR) is 72.8 cm³/mol. The summed E-state index contributed by atoms with van der Waals surface area (Å²) in [6.07, 6.45) is 3.33. The molecule has 0 aromatic carbocycles. The van der Waals surface area contributed by atoms with Gasteiger partial charge in [-0.1, -0.05) is 0 Å². The molecular weight excluding hydrogens is 260 g/mol. The van der Waals surface area contributed by atoms with Crippen LogP contribution in [0.5, 0.6) is 5.75 Å². The number of methoxy groups -OCH3 is 1. The van der Waals surface area contributed by atoms with Gasteiger partial charge in [0, 0.05) is 22.5 Å². The van der Waals surface area contributed by atoms with Crippen molar-refractivity contribution in [2.75, 3.05) is 7.11 Å². The van der Waals surface area contributed by atoms with Crippen molar-refractivity contribution < 1.29 is 9.53 Å². The Morgan fingerprint density at radius 3 is 2.95 bits per heavy atom. The van der Waals surface area contributed by atoms with E-state index < -0.39 is 0 Å². The Morgan fingerprint density at radius 2 is 2.11 bits per heavy atom. The highest BCUT2D eigenvalue weighted by Gasteiger charge is 2.29. The van der Waals surface area contributed by atoms with Crippen molar-refractivity contribution in [1.82, 2.24) is 9.97 Å². The molecule has 4 nitrogen and oxygen atoms in total. The number of hydrogen-bond acceptors (Lipinski definition) is 5. The minimum atomic E-state index is -0.0376. The van der Waals surface area contributed by atoms with E-state index >= 15 is 0 Å². The fourth-order valence-corrected chi connectivity index (χ4v) is 3.36. The molecule has 3 aromatic heterocycles. The third-order valence-corrected chi connectivity index (χ3v) is 4.25. The van der Waals surface area contributed by atoms with Gasteiger partial charge in [-0.25, -0.2) is 4.98 Å². The number of rotatable bonds is 1. The predicted octanol–water partition coefficient (Wildman–Crippen LogP) is 2.91. The van der Waals surface area contributed by atoms with Crippen molar-refractivity contribution in [1.29, 1.82) is 0 Å². The van der Waals surface area contributed by atoms with Crippen LogP contribution in [0.25, 0.3) is 21.3 Å². The van der Waals surface area contributed by atoms with Crippen LogP contribution in [0, 0.1) is 0 Å². The first-order valence-corrected chi connectivity index (χ1v) is 6.63. The van der Waals surface area contributed by atoms with E-state index in [-0.39, 0.29) is 5.78 Å². The van der Waals surface area contributed by atoms with Crippen LogP contribution in [0.2, 0.25) is 0 Å². The van der Waals surface area contributed by atoms with E-state index in [9.17, 15) is 4.79 Å². The molecule has 4 rings (SSSR count). The quantitative estimate of drug-likeness (QED) is 0.532. The zero-order valence-electron chi connectivity index (χ0n) is 10.0. The molecule has 0 amide bonds. The van der Waals surface area contributed by atoms with E-state index in [1.54, 1.807) is 19.5 Å². The molecule has 3 aromatic rings. The SMILES string of the molecule is COc1cnc2c3c(nccc13)-c1sccc1C2=O. The number of aromatic nitrogens is 2. The van der Waals surface area contributed by atoms with Gasteiger partial charge in [-0.2, -0.15) is 0 Å². The molecule has 0 atom stereocenters. The third-order valence-electron chi connectivity index (χ3n) is 3.32. The van der Waals surface area contributed by atoms with Gasteiger partial charge >= 0.3 is 0 Å². The largest absolute Gasteiger partial charge is 0.494 e. The lowest BCUT2D eigenvalue weighted by molar-refractivity contribution is 0.103. The molecule has 3 heterocycles. The molecule has 0 N–H and O–H groups in total. The Bertz CT molecular complexity index is 839. The number of carbonyl (C=O) groups excluding carboxylic acids is 1. The van der Waals surface area contributed by atoms with Crippen LogP contribution in [-0.2, 0) is 0 Å². The number of thiophene rings is 1. The Labute approximate surface area is 112 Å². The summed E-state index contributed by atoms with van der Waals surface area (Å²) < 4.78 is 5.31. The number of ether oxygens (including phenoxy) is 1. The number of hydrogen-bond donors (Lipinski definition) is 0. The summed E-state index contributed by atoms with van der Waals surface area (Å²) in [4.78, 5) is 22.0. The summed E-state index contributed by atoms with van der Waals surface area (Å²) in [6, 6.07) is 3.69. The van der Waals surface area contributed by atoms with Crippen LogP contribution in [0.4, 0.5) is 0 Å². The smallest absolute Gasteiger partial charge is 0.213 e. The van der Waals surface area contributed by atoms with Gasteiger partial charge in [-0.15, -0.1) is 11.3 Å². The molecule has 0 saturated heterocycles. The van der Waals surface area contributed by atoms with Crippen molar-refractivity contribution in [3.05, 3.63) is 41.2 Å². The van der Waals surface area contributed by atoms with Gasteiger partial charge in [0.25, 0.3) is 0 Å². The lowest BCUT2D eigenvalue weighted by atomic mass is 9.94. The summed E-state index contributed by atoms with van der Waals surface area (Å²) >= 11 is 1.53. The van der Waals surface area contributed by atoms with Gasteiger partial charge in [-0.3, -0.25) is 9.78 Å². The minimum absolute atomic E-state index is 0.0376. The molecule has 0 radical (unpaired) electrons. The molecule has 1 aliphatic rings. The van der Waals surface area contributed by atoms with Crippen LogP contribution in [-0.4, -0.2) is 22.9 Å². The molecule has 0 unspecified atom stereocenters. The van der Waals surface area contributed by atoms with Gasteiger partial charge < -0.3 is 4.74 Å². The first kappa shape index (κ1) is 10.6. The van der Waals surface area contributed by atoms with E-state index in [0.29, 0.717) is 17.0 Å². The fraction of sp³-hybridized carbons (Fsp3) is 0.0714. The van der Waals surface area contributed by atoms with E-state index in [4.69, 9.17) is 4.74 Å². The van der Waals surface area contributed by atoms with Gasteiger partial charge in [0.15, 0.2) is 0 Å². The normalized spacial score (nSPS) is 12.6. The molecule has 0 saturated carbocycles. The van der Waals surface area contributed by atoms with Gasteiger partial charge in [-0.05, 0) is 17.5 Å². The van der Waals surface area contributed by atoms with Crippen LogP contribution < -0.4 is 4.74 Å². The van der Waals surface area contributed by atoms with Crippen LogP contribution in [0.1, 0.15) is 16.1 Å². The van der Waals surface area contributed by atoms with E-state index in [1.165, 1.54) is 11.3 Å². The lowest BCUT2D eigenvalue weighted by Gasteiger charge is -2.16. The second-order valence-corrected chi connectivity index (χ2v) is 5.17. The third kappa shape index (κ3) is 1.25. The molecule has 0 bridgehead atoms. The Morgan fingerprint density at radius 1 is 1.21 bits per heavy atom. The molecule has 0 spiro atoms. The number of carbonyl (C=O) groups is 1. The molecule has 1 aliphatic carbocycles. The van der Waals surface area contributed by atoms with Crippen molar-refractivity contribution in [3.63, 3.8) is 0 Å². The number of ketones is 1. The zero-order chi connectivity index (χ0) is 13.0. The number of fused-ring (bicyclic) bond motifs is 2. The fourth-order valence-electron chi connectivity index (χ4n) is 2.47. The van der Waals surface area contributed by atoms with Crippen LogP contribution in [0.3, 0.4) is 0 Å². The van der Waals surface area contributed by atoms with Crippen LogP contribution in [0.15, 0.2) is 29.9 Å². The number of pyridine rings is 2. The Balaban J connectivity index is 2.25. The molecule has 5 heteroatoms. The average molecular weight is 268 g/mol. The topological polar surface area (TPSA) is 52.1 Å². The monoisotopic (exact) mass is 268 g/mol. The van der Waals surface area contributed by atoms with Gasteiger partial charge in [0.05, 0.1) is 23.9 Å². The van der Waals surface area contributed by atoms with E-state index in [1.807, 2.05) is 17.5 Å². The molecule has 92 valence electrons. The molecule has 0 fully saturated rings. The maximum absolute atomic E-state index is 12.4. The zero-order valence-corrected chi connectivity index (χ0v) is 10.8. The van der Waals surface area contributed by atoms with Crippen molar-refractivity contribution in [3.8, 4) is 16.3 Å². The Hall–Kier alpha value is -2.27. The average Bonchev–Trinajstić information content (AvgIpc) is 2.94. The van der Waals surface area contributed by atoms with Gasteiger partial charge in [0.1, 0.15) is 11.4 Å². The Kier molecular flexibility index (Phi) is 2.02. The van der Waals surface area contributed by atoms with E-state index in [0.717, 1.165) is 21.3 Å². The molecule has 19 heavy (non-hydrogen) atoms. The first-order chi connectivity index (χ1) is 9.31. The summed E-state index contributed by atoms with van der Waals surface area (Å²) in [6.45, 7) is 0. The highest BCUT2D eigenvalue weighted by Crippen LogP contribution is 2.42. The number of nitrogens with zero attached hydrogens (tertiary/aromatic N) is 2. The molecule has 0 aliphatic heterocycles. The summed E-state index contributed by atoms with van der Waals surface area (Å²) in [5.41, 5.74) is 1.98. The summed E-state index contributed by atoms with van der Waals surface area (Å²) in [5, 5.41) is 3.58. The van der Waals surface area contributed by atoms with Crippen molar-refractivity contribution >= 4 is 27.9 Å².